The summed E-state index contributed by atoms with van der Waals surface area (Å²) in [6.07, 6.45) is -3.41. The smallest absolute Gasteiger partial charge is 0.367 e. The van der Waals surface area contributed by atoms with Gasteiger partial charge in [0.1, 0.15) is 0 Å². The Morgan fingerprint density at radius 1 is 1.10 bits per heavy atom. The molecule has 1 saturated heterocycles. The average molecular weight is 435 g/mol. The molecule has 1 N–H and O–H groups in total. The summed E-state index contributed by atoms with van der Waals surface area (Å²) < 4.78 is 64.9. The first kappa shape index (κ1) is 20.6. The van der Waals surface area contributed by atoms with Crippen LogP contribution in [0.3, 0.4) is 0 Å². The zero-order valence-electron chi connectivity index (χ0n) is 16.1. The molecule has 1 aromatic heterocycles. The first-order chi connectivity index (χ1) is 14.2. The summed E-state index contributed by atoms with van der Waals surface area (Å²) >= 11 is 0. The monoisotopic (exact) mass is 435 g/mol. The lowest BCUT2D eigenvalue weighted by atomic mass is 10.1. The van der Waals surface area contributed by atoms with E-state index in [1.165, 1.54) is 12.3 Å². The Morgan fingerprint density at radius 3 is 2.60 bits per heavy atom. The summed E-state index contributed by atoms with van der Waals surface area (Å²) in [7, 11) is -4.15. The van der Waals surface area contributed by atoms with E-state index in [-0.39, 0.29) is 4.90 Å². The van der Waals surface area contributed by atoms with Crippen LogP contribution < -0.4 is 10.2 Å². The van der Waals surface area contributed by atoms with Gasteiger partial charge < -0.3 is 10.2 Å². The molecule has 2 heterocycles. The van der Waals surface area contributed by atoms with Crippen molar-refractivity contribution in [3.63, 3.8) is 0 Å². The highest BCUT2D eigenvalue weighted by molar-refractivity contribution is 7.91. The predicted molar refractivity (Wildman–Crippen MR) is 108 cm³/mol. The molecular formula is C21H20F3N3O2S. The molecule has 5 nitrogen and oxygen atoms in total. The van der Waals surface area contributed by atoms with Gasteiger partial charge >= 0.3 is 6.18 Å². The fraction of sp³-hybridized carbons (Fsp3) is 0.286. The van der Waals surface area contributed by atoms with Gasteiger partial charge in [-0.05, 0) is 37.3 Å². The maximum atomic E-state index is 13.0. The Hall–Kier alpha value is -2.65. The Labute approximate surface area is 172 Å². The van der Waals surface area contributed by atoms with Crippen LogP contribution in [0.25, 0.3) is 10.9 Å². The molecule has 0 radical (unpaired) electrons. The van der Waals surface area contributed by atoms with Crippen molar-refractivity contribution in [3.8, 4) is 0 Å². The highest BCUT2D eigenvalue weighted by atomic mass is 32.2. The predicted octanol–water partition coefficient (Wildman–Crippen LogP) is 3.88. The van der Waals surface area contributed by atoms with Gasteiger partial charge in [0.05, 0.1) is 26.6 Å². The Balaban J connectivity index is 1.75. The second-order valence-electron chi connectivity index (χ2n) is 7.35. The number of rotatable bonds is 3. The van der Waals surface area contributed by atoms with Gasteiger partial charge in [-0.25, -0.2) is 8.42 Å². The van der Waals surface area contributed by atoms with Gasteiger partial charge in [0.2, 0.25) is 9.84 Å². The van der Waals surface area contributed by atoms with Gasteiger partial charge in [0, 0.05) is 37.3 Å². The van der Waals surface area contributed by atoms with E-state index in [0.29, 0.717) is 23.0 Å². The van der Waals surface area contributed by atoms with Crippen molar-refractivity contribution in [1.82, 2.24) is 10.3 Å². The van der Waals surface area contributed by atoms with Crippen LogP contribution in [0.4, 0.5) is 18.9 Å². The number of aromatic nitrogens is 1. The van der Waals surface area contributed by atoms with Crippen molar-refractivity contribution in [3.05, 3.63) is 60.3 Å². The second kappa shape index (κ2) is 7.55. The number of nitrogens with one attached hydrogen (secondary N) is 1. The van der Waals surface area contributed by atoms with Crippen molar-refractivity contribution < 1.29 is 21.6 Å². The van der Waals surface area contributed by atoms with Crippen LogP contribution in [0, 0.1) is 0 Å². The van der Waals surface area contributed by atoms with E-state index in [9.17, 15) is 21.6 Å². The van der Waals surface area contributed by atoms with Crippen molar-refractivity contribution in [2.24, 2.45) is 0 Å². The molecule has 0 saturated carbocycles. The summed E-state index contributed by atoms with van der Waals surface area (Å²) in [6, 6.07) is 11.0. The number of halogens is 3. The van der Waals surface area contributed by atoms with Crippen LogP contribution in [0.2, 0.25) is 0 Å². The van der Waals surface area contributed by atoms with E-state index in [0.717, 1.165) is 43.5 Å². The molecule has 0 bridgehead atoms. The molecule has 0 amide bonds. The first-order valence-electron chi connectivity index (χ1n) is 9.46. The Kier molecular flexibility index (Phi) is 5.19. The third-order valence-electron chi connectivity index (χ3n) is 5.16. The minimum Gasteiger partial charge on any atom is -0.367 e. The van der Waals surface area contributed by atoms with E-state index >= 15 is 0 Å². The third kappa shape index (κ3) is 3.87. The summed E-state index contributed by atoms with van der Waals surface area (Å²) in [4.78, 5) is 6.02. The second-order valence-corrected chi connectivity index (χ2v) is 9.30. The van der Waals surface area contributed by atoms with Gasteiger partial charge in [0.15, 0.2) is 0 Å². The highest BCUT2D eigenvalue weighted by Crippen LogP contribution is 2.33. The Bertz CT molecular complexity index is 1200. The number of fused-ring (bicyclic) bond motifs is 1. The quantitative estimate of drug-likeness (QED) is 0.677. The number of benzene rings is 2. The summed E-state index contributed by atoms with van der Waals surface area (Å²) in [5.41, 5.74) is 0.561. The molecule has 1 atom stereocenters. The van der Waals surface area contributed by atoms with E-state index in [2.05, 4.69) is 22.1 Å². The van der Waals surface area contributed by atoms with Crippen molar-refractivity contribution in [1.29, 1.82) is 0 Å². The van der Waals surface area contributed by atoms with Crippen LogP contribution in [0.1, 0.15) is 12.5 Å². The highest BCUT2D eigenvalue weighted by Gasteiger charge is 2.32. The van der Waals surface area contributed by atoms with Gasteiger partial charge in [-0.15, -0.1) is 0 Å². The molecule has 30 heavy (non-hydrogen) atoms. The lowest BCUT2D eigenvalue weighted by Gasteiger charge is -2.34. The molecule has 1 aliphatic rings. The SMILES string of the molecule is CC1CN(c2cccc3cc(S(=O)(=O)c4cccc(C(F)(F)F)c4)cnc23)CCN1. The van der Waals surface area contributed by atoms with Crippen LogP contribution in [-0.2, 0) is 16.0 Å². The van der Waals surface area contributed by atoms with Crippen molar-refractivity contribution in [2.45, 2.75) is 28.9 Å². The number of pyridine rings is 1. The molecule has 1 fully saturated rings. The van der Waals surface area contributed by atoms with E-state index in [4.69, 9.17) is 0 Å². The fourth-order valence-electron chi connectivity index (χ4n) is 3.65. The van der Waals surface area contributed by atoms with E-state index in [1.54, 1.807) is 6.07 Å². The summed E-state index contributed by atoms with van der Waals surface area (Å²) in [5, 5.41) is 3.99. The third-order valence-corrected chi connectivity index (χ3v) is 6.87. The molecule has 2 aromatic carbocycles. The number of sulfone groups is 1. The number of hydrogen-bond donors (Lipinski definition) is 1. The average Bonchev–Trinajstić information content (AvgIpc) is 2.72. The number of alkyl halides is 3. The van der Waals surface area contributed by atoms with Gasteiger partial charge in [-0.2, -0.15) is 13.2 Å². The summed E-state index contributed by atoms with van der Waals surface area (Å²) in [6.45, 7) is 4.52. The van der Waals surface area contributed by atoms with Crippen LogP contribution in [-0.4, -0.2) is 39.1 Å². The van der Waals surface area contributed by atoms with Crippen LogP contribution >= 0.6 is 0 Å². The Morgan fingerprint density at radius 2 is 1.87 bits per heavy atom. The number of hydrogen-bond acceptors (Lipinski definition) is 5. The maximum Gasteiger partial charge on any atom is 0.416 e. The molecule has 1 aliphatic heterocycles. The van der Waals surface area contributed by atoms with Gasteiger partial charge in [-0.3, -0.25) is 4.98 Å². The van der Waals surface area contributed by atoms with Gasteiger partial charge in [0.25, 0.3) is 0 Å². The normalized spacial score (nSPS) is 18.0. The fourth-order valence-corrected chi connectivity index (χ4v) is 4.94. The number of piperazine rings is 1. The molecule has 9 heteroatoms. The number of anilines is 1. The van der Waals surface area contributed by atoms with Crippen LogP contribution in [0.5, 0.6) is 0 Å². The van der Waals surface area contributed by atoms with Crippen molar-refractivity contribution in [2.75, 3.05) is 24.5 Å². The number of para-hydroxylation sites is 1. The first-order valence-corrected chi connectivity index (χ1v) is 10.9. The lowest BCUT2D eigenvalue weighted by molar-refractivity contribution is -0.137. The largest absolute Gasteiger partial charge is 0.416 e. The minimum atomic E-state index is -4.62. The standard InChI is InChI=1S/C21H20F3N3O2S/c1-14-13-27(9-8-25-14)19-7-2-4-15-10-18(12-26-20(15)19)30(28,29)17-6-3-5-16(11-17)21(22,23)24/h2-7,10-12,14,25H,8-9,13H2,1H3. The molecule has 158 valence electrons. The zero-order valence-corrected chi connectivity index (χ0v) is 17.0. The lowest BCUT2D eigenvalue weighted by Crippen LogP contribution is -2.49. The van der Waals surface area contributed by atoms with Gasteiger partial charge in [-0.1, -0.05) is 18.2 Å². The topological polar surface area (TPSA) is 62.3 Å². The number of nitrogens with zero attached hydrogens (tertiary/aromatic N) is 2. The van der Waals surface area contributed by atoms with Crippen molar-refractivity contribution >= 4 is 26.4 Å². The van der Waals surface area contributed by atoms with E-state index in [1.807, 2.05) is 12.1 Å². The van der Waals surface area contributed by atoms with Crippen LogP contribution in [0.15, 0.2) is 64.5 Å². The molecule has 3 aromatic rings. The molecule has 0 spiro atoms. The maximum absolute atomic E-state index is 13.0. The zero-order chi connectivity index (χ0) is 21.5. The molecule has 1 unspecified atom stereocenters. The minimum absolute atomic E-state index is 0.139. The molecule has 0 aliphatic carbocycles. The summed E-state index contributed by atoms with van der Waals surface area (Å²) in [5.74, 6) is 0. The molecular weight excluding hydrogens is 415 g/mol. The molecule has 4 rings (SSSR count). The van der Waals surface area contributed by atoms with E-state index < -0.39 is 26.5 Å².